The fourth-order valence-electron chi connectivity index (χ4n) is 1.65. The highest BCUT2D eigenvalue weighted by Gasteiger charge is 2.45. The highest BCUT2D eigenvalue weighted by atomic mass is 35.5. The third-order valence-corrected chi connectivity index (χ3v) is 3.27. The number of hydrogen-bond donors (Lipinski definition) is 3. The van der Waals surface area contributed by atoms with Gasteiger partial charge in [0.25, 0.3) is 5.91 Å². The molecule has 2 amide bonds. The monoisotopic (exact) mass is 327 g/mol. The Balaban J connectivity index is 0.00000242. The van der Waals surface area contributed by atoms with E-state index in [9.17, 15) is 14.4 Å². The maximum absolute atomic E-state index is 11.8. The Bertz CT molecular complexity index is 570. The lowest BCUT2D eigenvalue weighted by atomic mass is 10.2. The standard InChI is InChI=1S/C14H17N3O4.ClH/c1-21-11(18)8-16-12(19)9-2-4-10(5-3-9)17-13(20)14(15)6-7-14;/h2-5H,6-8,15H2,1H3,(H,16,19)(H,17,20);1H. The molecule has 0 atom stereocenters. The number of hydrogen-bond acceptors (Lipinski definition) is 5. The van der Waals surface area contributed by atoms with Crippen molar-refractivity contribution in [3.05, 3.63) is 29.8 Å². The van der Waals surface area contributed by atoms with Crippen molar-refractivity contribution in [2.45, 2.75) is 18.4 Å². The molecule has 0 unspecified atom stereocenters. The molecule has 7 nitrogen and oxygen atoms in total. The summed E-state index contributed by atoms with van der Waals surface area (Å²) in [5, 5.41) is 5.12. The van der Waals surface area contributed by atoms with Gasteiger partial charge in [-0.15, -0.1) is 12.4 Å². The minimum absolute atomic E-state index is 0. The molecule has 2 rings (SSSR count). The number of carbonyl (C=O) groups is 3. The number of amides is 2. The fraction of sp³-hybridized carbons (Fsp3) is 0.357. The summed E-state index contributed by atoms with van der Waals surface area (Å²) >= 11 is 0. The lowest BCUT2D eigenvalue weighted by molar-refractivity contribution is -0.139. The van der Waals surface area contributed by atoms with Gasteiger partial charge in [-0.1, -0.05) is 0 Å². The largest absolute Gasteiger partial charge is 0.468 e. The SMILES string of the molecule is COC(=O)CNC(=O)c1ccc(NC(=O)C2(N)CC2)cc1.Cl. The van der Waals surface area contributed by atoms with E-state index in [0.29, 0.717) is 24.1 Å². The quantitative estimate of drug-likeness (QED) is 0.680. The molecule has 0 spiro atoms. The number of ether oxygens (including phenoxy) is 1. The molecular formula is C14H18ClN3O4. The molecule has 0 saturated heterocycles. The van der Waals surface area contributed by atoms with E-state index < -0.39 is 17.4 Å². The third-order valence-electron chi connectivity index (χ3n) is 3.27. The first kappa shape index (κ1) is 17.9. The van der Waals surface area contributed by atoms with Crippen LogP contribution in [-0.4, -0.2) is 37.0 Å². The van der Waals surface area contributed by atoms with Crippen LogP contribution in [0.3, 0.4) is 0 Å². The molecule has 1 aliphatic carbocycles. The Labute approximate surface area is 134 Å². The van der Waals surface area contributed by atoms with Crippen LogP contribution in [0.1, 0.15) is 23.2 Å². The molecule has 0 radical (unpaired) electrons. The molecular weight excluding hydrogens is 310 g/mol. The first-order valence-electron chi connectivity index (χ1n) is 6.50. The normalized spacial score (nSPS) is 14.3. The molecule has 1 aromatic rings. The zero-order valence-electron chi connectivity index (χ0n) is 12.0. The molecule has 8 heteroatoms. The van der Waals surface area contributed by atoms with Crippen molar-refractivity contribution in [1.82, 2.24) is 5.32 Å². The zero-order chi connectivity index (χ0) is 15.5. The van der Waals surface area contributed by atoms with Crippen molar-refractivity contribution in [3.8, 4) is 0 Å². The van der Waals surface area contributed by atoms with E-state index in [1.807, 2.05) is 0 Å². The number of carbonyl (C=O) groups excluding carboxylic acids is 3. The molecule has 0 bridgehead atoms. The summed E-state index contributed by atoms with van der Waals surface area (Å²) in [7, 11) is 1.25. The molecule has 22 heavy (non-hydrogen) atoms. The molecule has 0 aliphatic heterocycles. The topological polar surface area (TPSA) is 111 Å². The van der Waals surface area contributed by atoms with E-state index in [1.165, 1.54) is 7.11 Å². The van der Waals surface area contributed by atoms with E-state index in [2.05, 4.69) is 15.4 Å². The first-order chi connectivity index (χ1) is 9.94. The predicted molar refractivity (Wildman–Crippen MR) is 82.8 cm³/mol. The number of nitrogens with one attached hydrogen (secondary N) is 2. The summed E-state index contributed by atoms with van der Waals surface area (Å²) in [5.41, 5.74) is 5.99. The second kappa shape index (κ2) is 7.24. The van der Waals surface area contributed by atoms with Crippen LogP contribution in [0.5, 0.6) is 0 Å². The van der Waals surface area contributed by atoms with Crippen LogP contribution in [0.2, 0.25) is 0 Å². The Kier molecular flexibility index (Phi) is 5.90. The van der Waals surface area contributed by atoms with Gasteiger partial charge in [0.2, 0.25) is 5.91 Å². The number of benzene rings is 1. The van der Waals surface area contributed by atoms with Crippen LogP contribution >= 0.6 is 12.4 Å². The van der Waals surface area contributed by atoms with Gasteiger partial charge in [-0.2, -0.15) is 0 Å². The summed E-state index contributed by atoms with van der Waals surface area (Å²) in [6.07, 6.45) is 1.37. The maximum atomic E-state index is 11.8. The van der Waals surface area contributed by atoms with E-state index in [-0.39, 0.29) is 24.9 Å². The van der Waals surface area contributed by atoms with Gasteiger partial charge < -0.3 is 21.1 Å². The highest BCUT2D eigenvalue weighted by molar-refractivity contribution is 6.01. The Hall–Kier alpha value is -2.12. The lowest BCUT2D eigenvalue weighted by Crippen LogP contribution is -2.37. The van der Waals surface area contributed by atoms with Crippen molar-refractivity contribution < 1.29 is 19.1 Å². The van der Waals surface area contributed by atoms with Crippen LogP contribution in [0.4, 0.5) is 5.69 Å². The minimum Gasteiger partial charge on any atom is -0.468 e. The smallest absolute Gasteiger partial charge is 0.325 e. The summed E-state index contributed by atoms with van der Waals surface area (Å²) in [4.78, 5) is 34.4. The average molecular weight is 328 g/mol. The number of rotatable bonds is 5. The number of nitrogens with two attached hydrogens (primary N) is 1. The molecule has 0 heterocycles. The second-order valence-corrected chi connectivity index (χ2v) is 4.95. The van der Waals surface area contributed by atoms with Crippen molar-refractivity contribution in [2.24, 2.45) is 5.73 Å². The molecule has 1 fully saturated rings. The van der Waals surface area contributed by atoms with Crippen LogP contribution in [-0.2, 0) is 14.3 Å². The van der Waals surface area contributed by atoms with Gasteiger partial charge in [-0.25, -0.2) is 0 Å². The first-order valence-corrected chi connectivity index (χ1v) is 6.50. The van der Waals surface area contributed by atoms with Gasteiger partial charge in [-0.3, -0.25) is 14.4 Å². The van der Waals surface area contributed by atoms with Crippen molar-refractivity contribution in [2.75, 3.05) is 19.0 Å². The Morgan fingerprint density at radius 3 is 2.32 bits per heavy atom. The average Bonchev–Trinajstić information content (AvgIpc) is 3.24. The number of esters is 1. The van der Waals surface area contributed by atoms with Crippen LogP contribution in [0.25, 0.3) is 0 Å². The fourth-order valence-corrected chi connectivity index (χ4v) is 1.65. The zero-order valence-corrected chi connectivity index (χ0v) is 12.9. The van der Waals surface area contributed by atoms with E-state index in [4.69, 9.17) is 5.73 Å². The molecule has 4 N–H and O–H groups in total. The van der Waals surface area contributed by atoms with Crippen LogP contribution in [0.15, 0.2) is 24.3 Å². The van der Waals surface area contributed by atoms with Crippen molar-refractivity contribution in [3.63, 3.8) is 0 Å². The van der Waals surface area contributed by atoms with E-state index >= 15 is 0 Å². The van der Waals surface area contributed by atoms with Gasteiger partial charge >= 0.3 is 5.97 Å². The van der Waals surface area contributed by atoms with Gasteiger partial charge in [0.05, 0.1) is 12.6 Å². The number of methoxy groups -OCH3 is 1. The van der Waals surface area contributed by atoms with E-state index in [0.717, 1.165) is 0 Å². The van der Waals surface area contributed by atoms with Gasteiger partial charge in [0.15, 0.2) is 0 Å². The molecule has 0 aromatic heterocycles. The molecule has 120 valence electrons. The van der Waals surface area contributed by atoms with Crippen LogP contribution in [0, 0.1) is 0 Å². The van der Waals surface area contributed by atoms with Crippen LogP contribution < -0.4 is 16.4 Å². The van der Waals surface area contributed by atoms with Gasteiger partial charge in [-0.05, 0) is 37.1 Å². The Morgan fingerprint density at radius 2 is 1.82 bits per heavy atom. The van der Waals surface area contributed by atoms with E-state index in [1.54, 1.807) is 24.3 Å². The number of halogens is 1. The highest BCUT2D eigenvalue weighted by Crippen LogP contribution is 2.33. The lowest BCUT2D eigenvalue weighted by Gasteiger charge is -2.10. The Morgan fingerprint density at radius 1 is 1.23 bits per heavy atom. The third kappa shape index (κ3) is 4.44. The summed E-state index contributed by atoms with van der Waals surface area (Å²) in [6, 6.07) is 6.32. The minimum atomic E-state index is -0.740. The predicted octanol–water partition coefficient (Wildman–Crippen LogP) is 0.441. The van der Waals surface area contributed by atoms with Crippen molar-refractivity contribution >= 4 is 35.9 Å². The summed E-state index contributed by atoms with van der Waals surface area (Å²) < 4.78 is 4.42. The second-order valence-electron chi connectivity index (χ2n) is 4.95. The maximum Gasteiger partial charge on any atom is 0.325 e. The summed E-state index contributed by atoms with van der Waals surface area (Å²) in [6.45, 7) is -0.191. The summed E-state index contributed by atoms with van der Waals surface area (Å²) in [5.74, 6) is -1.13. The molecule has 1 aromatic carbocycles. The van der Waals surface area contributed by atoms with Gasteiger partial charge in [0, 0.05) is 11.3 Å². The molecule has 1 saturated carbocycles. The van der Waals surface area contributed by atoms with Gasteiger partial charge in [0.1, 0.15) is 6.54 Å². The molecule has 1 aliphatic rings. The number of anilines is 1. The van der Waals surface area contributed by atoms with Crippen molar-refractivity contribution in [1.29, 1.82) is 0 Å².